The molecule has 6 nitrogen and oxygen atoms in total. The van der Waals surface area contributed by atoms with Crippen molar-refractivity contribution in [3.63, 3.8) is 0 Å². The summed E-state index contributed by atoms with van der Waals surface area (Å²) in [5.74, 6) is -0.0659. The first-order chi connectivity index (χ1) is 15.4. The van der Waals surface area contributed by atoms with Crippen molar-refractivity contribution in [1.29, 1.82) is 0 Å². The van der Waals surface area contributed by atoms with Gasteiger partial charge in [0.15, 0.2) is 6.61 Å². The number of amides is 1. The minimum atomic E-state index is -0.537. The number of benzene rings is 3. The number of nitrogens with zero attached hydrogens (tertiary/aromatic N) is 1. The van der Waals surface area contributed by atoms with Crippen molar-refractivity contribution in [3.8, 4) is 11.5 Å². The summed E-state index contributed by atoms with van der Waals surface area (Å²) in [4.78, 5) is 24.4. The van der Waals surface area contributed by atoms with Crippen LogP contribution in [0.2, 0.25) is 5.02 Å². The van der Waals surface area contributed by atoms with E-state index in [1.54, 1.807) is 42.5 Å². The molecule has 0 aromatic heterocycles. The lowest BCUT2D eigenvalue weighted by Crippen LogP contribution is -2.24. The fraction of sp³-hybridized carbons (Fsp3) is 0.125. The summed E-state index contributed by atoms with van der Waals surface area (Å²) < 4.78 is 11.7. The van der Waals surface area contributed by atoms with E-state index in [1.165, 1.54) is 11.8 Å². The molecule has 0 atom stereocenters. The van der Waals surface area contributed by atoms with E-state index in [9.17, 15) is 9.59 Å². The Kier molecular flexibility index (Phi) is 8.41. The largest absolute Gasteiger partial charge is 0.484 e. The molecule has 0 fully saturated rings. The SMILES string of the molecule is CCc1ccc(OCC(=O)NN=Cc2cc(Br)ccc2OC(=O)c2ccc(Cl)cc2)cc1. The second kappa shape index (κ2) is 11.5. The number of hydrogen-bond acceptors (Lipinski definition) is 5. The van der Waals surface area contributed by atoms with Gasteiger partial charge in [0.25, 0.3) is 5.91 Å². The van der Waals surface area contributed by atoms with Crippen molar-refractivity contribution in [2.24, 2.45) is 5.10 Å². The fourth-order valence-electron chi connectivity index (χ4n) is 2.63. The number of ether oxygens (including phenoxy) is 2. The van der Waals surface area contributed by atoms with Crippen LogP contribution in [-0.2, 0) is 11.2 Å². The van der Waals surface area contributed by atoms with Crippen LogP contribution in [0.4, 0.5) is 0 Å². The number of nitrogens with one attached hydrogen (secondary N) is 1. The highest BCUT2D eigenvalue weighted by atomic mass is 79.9. The van der Waals surface area contributed by atoms with Crippen LogP contribution in [0.5, 0.6) is 11.5 Å². The van der Waals surface area contributed by atoms with E-state index in [0.717, 1.165) is 10.9 Å². The summed E-state index contributed by atoms with van der Waals surface area (Å²) >= 11 is 9.23. The number of hydrogen-bond donors (Lipinski definition) is 1. The Labute approximate surface area is 199 Å². The molecule has 0 saturated heterocycles. The zero-order valence-corrected chi connectivity index (χ0v) is 19.5. The summed E-state index contributed by atoms with van der Waals surface area (Å²) in [6.45, 7) is 1.89. The number of aryl methyl sites for hydroxylation is 1. The third-order valence-electron chi connectivity index (χ3n) is 4.35. The standard InChI is InChI=1S/C24H20BrClN2O4/c1-2-16-3-10-21(11-4-16)31-15-23(29)28-27-14-18-13-19(25)7-12-22(18)32-24(30)17-5-8-20(26)9-6-17/h3-14H,2,15H2,1H3,(H,28,29). The topological polar surface area (TPSA) is 77.0 Å². The number of esters is 1. The van der Waals surface area contributed by atoms with Crippen LogP contribution >= 0.6 is 27.5 Å². The lowest BCUT2D eigenvalue weighted by molar-refractivity contribution is -0.123. The number of carbonyl (C=O) groups is 2. The molecule has 0 bridgehead atoms. The van der Waals surface area contributed by atoms with Gasteiger partial charge in [-0.05, 0) is 66.6 Å². The van der Waals surface area contributed by atoms with Gasteiger partial charge in [-0.25, -0.2) is 10.2 Å². The van der Waals surface area contributed by atoms with Gasteiger partial charge in [0.1, 0.15) is 11.5 Å². The van der Waals surface area contributed by atoms with Crippen molar-refractivity contribution in [3.05, 3.63) is 92.9 Å². The fourth-order valence-corrected chi connectivity index (χ4v) is 3.14. The molecule has 0 unspecified atom stereocenters. The van der Waals surface area contributed by atoms with Gasteiger partial charge in [-0.1, -0.05) is 46.6 Å². The third kappa shape index (κ3) is 6.93. The first-order valence-corrected chi connectivity index (χ1v) is 10.9. The molecule has 164 valence electrons. The van der Waals surface area contributed by atoms with Gasteiger partial charge in [0.05, 0.1) is 11.8 Å². The highest BCUT2D eigenvalue weighted by Crippen LogP contribution is 2.23. The zero-order valence-electron chi connectivity index (χ0n) is 17.2. The first-order valence-electron chi connectivity index (χ1n) is 9.75. The van der Waals surface area contributed by atoms with Crippen LogP contribution in [-0.4, -0.2) is 24.7 Å². The predicted molar refractivity (Wildman–Crippen MR) is 128 cm³/mol. The summed E-state index contributed by atoms with van der Waals surface area (Å²) in [7, 11) is 0. The normalized spacial score (nSPS) is 10.7. The third-order valence-corrected chi connectivity index (χ3v) is 5.09. The molecule has 0 radical (unpaired) electrons. The number of carbonyl (C=O) groups excluding carboxylic acids is 2. The van der Waals surface area contributed by atoms with Crippen molar-refractivity contribution in [2.45, 2.75) is 13.3 Å². The van der Waals surface area contributed by atoms with Crippen LogP contribution in [0.1, 0.15) is 28.4 Å². The van der Waals surface area contributed by atoms with Gasteiger partial charge in [-0.3, -0.25) is 4.79 Å². The van der Waals surface area contributed by atoms with Gasteiger partial charge < -0.3 is 9.47 Å². The van der Waals surface area contributed by atoms with Gasteiger partial charge in [-0.2, -0.15) is 5.10 Å². The van der Waals surface area contributed by atoms with Crippen molar-refractivity contribution < 1.29 is 19.1 Å². The molecule has 1 amide bonds. The number of rotatable bonds is 8. The quantitative estimate of drug-likeness (QED) is 0.188. The Balaban J connectivity index is 1.59. The smallest absolute Gasteiger partial charge is 0.343 e. The van der Waals surface area contributed by atoms with Crippen LogP contribution in [0.15, 0.2) is 76.3 Å². The minimum Gasteiger partial charge on any atom is -0.484 e. The molecule has 3 aromatic carbocycles. The van der Waals surface area contributed by atoms with Gasteiger partial charge in [0.2, 0.25) is 0 Å². The number of hydrazone groups is 1. The molecular weight excluding hydrogens is 496 g/mol. The molecule has 8 heteroatoms. The van der Waals surface area contributed by atoms with Gasteiger partial charge in [0, 0.05) is 15.1 Å². The Hall–Kier alpha value is -3.16. The Bertz CT molecular complexity index is 1120. The summed E-state index contributed by atoms with van der Waals surface area (Å²) in [5, 5.41) is 4.46. The van der Waals surface area contributed by atoms with Crippen LogP contribution in [0.25, 0.3) is 0 Å². The van der Waals surface area contributed by atoms with E-state index < -0.39 is 11.9 Å². The maximum atomic E-state index is 12.4. The molecule has 32 heavy (non-hydrogen) atoms. The molecule has 0 spiro atoms. The van der Waals surface area contributed by atoms with E-state index in [0.29, 0.717) is 27.6 Å². The molecule has 1 N–H and O–H groups in total. The zero-order chi connectivity index (χ0) is 22.9. The highest BCUT2D eigenvalue weighted by molar-refractivity contribution is 9.10. The lowest BCUT2D eigenvalue weighted by atomic mass is 10.2. The Morgan fingerprint density at radius 1 is 1.06 bits per heavy atom. The van der Waals surface area contributed by atoms with E-state index in [4.69, 9.17) is 21.1 Å². The molecule has 3 aromatic rings. The summed E-state index contributed by atoms with van der Waals surface area (Å²) in [6.07, 6.45) is 2.32. The average Bonchev–Trinajstić information content (AvgIpc) is 2.80. The molecule has 0 saturated carbocycles. The molecular formula is C24H20BrClN2O4. The predicted octanol–water partition coefficient (Wildman–Crippen LogP) is 5.41. The minimum absolute atomic E-state index is 0.181. The highest BCUT2D eigenvalue weighted by Gasteiger charge is 2.12. The Morgan fingerprint density at radius 3 is 2.47 bits per heavy atom. The number of halogens is 2. The maximum Gasteiger partial charge on any atom is 0.343 e. The molecule has 0 aliphatic rings. The van der Waals surface area contributed by atoms with Crippen LogP contribution in [0.3, 0.4) is 0 Å². The van der Waals surface area contributed by atoms with E-state index in [2.05, 4.69) is 33.4 Å². The van der Waals surface area contributed by atoms with Gasteiger partial charge >= 0.3 is 5.97 Å². The van der Waals surface area contributed by atoms with Crippen molar-refractivity contribution in [2.75, 3.05) is 6.61 Å². The van der Waals surface area contributed by atoms with E-state index in [-0.39, 0.29) is 6.61 Å². The summed E-state index contributed by atoms with van der Waals surface area (Å²) in [5.41, 5.74) is 4.44. The van der Waals surface area contributed by atoms with E-state index in [1.807, 2.05) is 24.3 Å². The first kappa shape index (κ1) is 23.5. The molecule has 0 aliphatic carbocycles. The Morgan fingerprint density at radius 2 is 1.78 bits per heavy atom. The van der Waals surface area contributed by atoms with Crippen LogP contribution < -0.4 is 14.9 Å². The molecule has 0 aliphatic heterocycles. The van der Waals surface area contributed by atoms with E-state index >= 15 is 0 Å². The van der Waals surface area contributed by atoms with Crippen molar-refractivity contribution in [1.82, 2.24) is 5.43 Å². The summed E-state index contributed by atoms with van der Waals surface area (Å²) in [6, 6.07) is 19.0. The average molecular weight is 516 g/mol. The van der Waals surface area contributed by atoms with Crippen molar-refractivity contribution >= 4 is 45.6 Å². The maximum absolute atomic E-state index is 12.4. The second-order valence-corrected chi connectivity index (χ2v) is 8.01. The second-order valence-electron chi connectivity index (χ2n) is 6.66. The molecule has 0 heterocycles. The molecule has 3 rings (SSSR count). The van der Waals surface area contributed by atoms with Crippen LogP contribution in [0, 0.1) is 0 Å². The lowest BCUT2D eigenvalue weighted by Gasteiger charge is -2.08. The van der Waals surface area contributed by atoms with Gasteiger partial charge in [-0.15, -0.1) is 0 Å². The monoisotopic (exact) mass is 514 g/mol.